The van der Waals surface area contributed by atoms with Crippen LogP contribution >= 0.6 is 22.9 Å². The predicted molar refractivity (Wildman–Crippen MR) is 131 cm³/mol. The molecule has 1 aliphatic rings. The van der Waals surface area contributed by atoms with Crippen molar-refractivity contribution in [2.24, 2.45) is 0 Å². The molecule has 4 rings (SSSR count). The number of hydrogen-bond acceptors (Lipinski definition) is 6. The number of halogens is 2. The molecule has 0 spiro atoms. The molecular formula is C25H23ClFN5O2S. The van der Waals surface area contributed by atoms with Gasteiger partial charge in [-0.1, -0.05) is 23.7 Å². The number of thiazole rings is 1. The minimum absolute atomic E-state index is 0.0965. The fourth-order valence-electron chi connectivity index (χ4n) is 4.07. The van der Waals surface area contributed by atoms with Gasteiger partial charge in [0.05, 0.1) is 28.1 Å². The Morgan fingerprint density at radius 2 is 2.06 bits per heavy atom. The Labute approximate surface area is 211 Å². The first-order valence-corrected chi connectivity index (χ1v) is 12.5. The zero-order valence-corrected chi connectivity index (χ0v) is 20.4. The molecule has 3 heterocycles. The van der Waals surface area contributed by atoms with E-state index in [1.54, 1.807) is 33.6 Å². The number of benzene rings is 1. The minimum Gasteiger partial charge on any atom is -0.338 e. The van der Waals surface area contributed by atoms with Gasteiger partial charge in [-0.3, -0.25) is 14.6 Å². The molecule has 0 radical (unpaired) electrons. The SMILES string of the molecule is N#CCCN(Cc1cccnc1)C(=O)c1csc(C2CCN(C(=O)c3c(F)cccc3Cl)CC2)n1. The van der Waals surface area contributed by atoms with Crippen LogP contribution in [0.2, 0.25) is 5.02 Å². The average molecular weight is 512 g/mol. The number of nitriles is 1. The van der Waals surface area contributed by atoms with Crippen molar-refractivity contribution in [2.75, 3.05) is 19.6 Å². The van der Waals surface area contributed by atoms with E-state index in [-0.39, 0.29) is 28.8 Å². The van der Waals surface area contributed by atoms with Crippen LogP contribution in [-0.2, 0) is 6.54 Å². The van der Waals surface area contributed by atoms with Crippen molar-refractivity contribution in [1.29, 1.82) is 5.26 Å². The van der Waals surface area contributed by atoms with Crippen molar-refractivity contribution in [3.8, 4) is 6.07 Å². The molecule has 35 heavy (non-hydrogen) atoms. The number of piperidine rings is 1. The van der Waals surface area contributed by atoms with E-state index in [0.29, 0.717) is 44.7 Å². The number of amides is 2. The van der Waals surface area contributed by atoms with Crippen molar-refractivity contribution in [1.82, 2.24) is 19.8 Å². The van der Waals surface area contributed by atoms with Crippen LogP contribution in [-0.4, -0.2) is 51.2 Å². The summed E-state index contributed by atoms with van der Waals surface area (Å²) in [7, 11) is 0. The van der Waals surface area contributed by atoms with Gasteiger partial charge in [0.2, 0.25) is 0 Å². The van der Waals surface area contributed by atoms with Crippen LogP contribution in [0, 0.1) is 17.1 Å². The van der Waals surface area contributed by atoms with E-state index in [1.807, 2.05) is 6.07 Å². The van der Waals surface area contributed by atoms with E-state index < -0.39 is 11.7 Å². The summed E-state index contributed by atoms with van der Waals surface area (Å²) in [6, 6.07) is 9.99. The molecule has 0 saturated carbocycles. The second kappa shape index (κ2) is 11.4. The highest BCUT2D eigenvalue weighted by atomic mass is 35.5. The summed E-state index contributed by atoms with van der Waals surface area (Å²) in [5.74, 6) is -1.16. The normalized spacial score (nSPS) is 13.9. The minimum atomic E-state index is -0.625. The van der Waals surface area contributed by atoms with Crippen molar-refractivity contribution in [2.45, 2.75) is 31.7 Å². The lowest BCUT2D eigenvalue weighted by atomic mass is 9.97. The first-order valence-electron chi connectivity index (χ1n) is 11.2. The topological polar surface area (TPSA) is 90.2 Å². The molecule has 0 bridgehead atoms. The first-order chi connectivity index (χ1) is 17.0. The molecule has 1 aromatic carbocycles. The summed E-state index contributed by atoms with van der Waals surface area (Å²) < 4.78 is 14.2. The lowest BCUT2D eigenvalue weighted by molar-refractivity contribution is 0.0708. The Hall–Kier alpha value is -3.35. The van der Waals surface area contributed by atoms with E-state index >= 15 is 0 Å². The van der Waals surface area contributed by atoms with Crippen LogP contribution in [0.3, 0.4) is 0 Å². The molecule has 10 heteroatoms. The van der Waals surface area contributed by atoms with Crippen molar-refractivity contribution >= 4 is 34.8 Å². The largest absolute Gasteiger partial charge is 0.338 e. The number of hydrogen-bond donors (Lipinski definition) is 0. The Morgan fingerprint density at radius 1 is 1.26 bits per heavy atom. The van der Waals surface area contributed by atoms with Gasteiger partial charge in [0.15, 0.2) is 0 Å². The molecule has 0 unspecified atom stereocenters. The Balaban J connectivity index is 1.40. The van der Waals surface area contributed by atoms with Gasteiger partial charge in [-0.25, -0.2) is 9.37 Å². The van der Waals surface area contributed by atoms with Gasteiger partial charge in [-0.2, -0.15) is 5.26 Å². The third-order valence-electron chi connectivity index (χ3n) is 5.93. The predicted octanol–water partition coefficient (Wildman–Crippen LogP) is 4.91. The molecule has 0 N–H and O–H groups in total. The quantitative estimate of drug-likeness (QED) is 0.449. The summed E-state index contributed by atoms with van der Waals surface area (Å²) in [6.45, 7) is 1.55. The van der Waals surface area contributed by atoms with Gasteiger partial charge in [0, 0.05) is 49.9 Å². The van der Waals surface area contributed by atoms with Gasteiger partial charge in [-0.05, 0) is 36.6 Å². The maximum Gasteiger partial charge on any atom is 0.273 e. The Bertz CT molecular complexity index is 1220. The van der Waals surface area contributed by atoms with Crippen molar-refractivity contribution in [3.05, 3.63) is 80.8 Å². The number of carbonyl (C=O) groups is 2. The Morgan fingerprint density at radius 3 is 2.74 bits per heavy atom. The maximum absolute atomic E-state index is 14.2. The molecule has 7 nitrogen and oxygen atoms in total. The highest BCUT2D eigenvalue weighted by Gasteiger charge is 2.29. The molecule has 0 atom stereocenters. The average Bonchev–Trinajstić information content (AvgIpc) is 3.37. The van der Waals surface area contributed by atoms with Gasteiger partial charge < -0.3 is 9.80 Å². The van der Waals surface area contributed by atoms with Crippen LogP contribution in [0.25, 0.3) is 0 Å². The van der Waals surface area contributed by atoms with Crippen LogP contribution in [0.4, 0.5) is 4.39 Å². The van der Waals surface area contributed by atoms with E-state index in [4.69, 9.17) is 16.9 Å². The number of rotatable bonds is 7. The molecule has 0 aliphatic carbocycles. The molecular weight excluding hydrogens is 489 g/mol. The van der Waals surface area contributed by atoms with E-state index in [1.165, 1.54) is 29.5 Å². The highest BCUT2D eigenvalue weighted by molar-refractivity contribution is 7.09. The van der Waals surface area contributed by atoms with Crippen LogP contribution < -0.4 is 0 Å². The van der Waals surface area contributed by atoms with E-state index in [2.05, 4.69) is 16.0 Å². The van der Waals surface area contributed by atoms with Gasteiger partial charge in [0.1, 0.15) is 11.5 Å². The fraction of sp³-hybridized carbons (Fsp3) is 0.320. The number of aromatic nitrogens is 2. The van der Waals surface area contributed by atoms with Crippen LogP contribution in [0.1, 0.15) is 56.6 Å². The summed E-state index contributed by atoms with van der Waals surface area (Å²) in [6.07, 6.45) is 4.91. The third-order valence-corrected chi connectivity index (χ3v) is 7.25. The standard InChI is InChI=1S/C25H23ClFN5O2S/c26-19-5-1-6-20(27)22(19)25(34)31-12-7-18(8-13-31)23-30-21(16-35-23)24(33)32(11-3-9-28)15-17-4-2-10-29-14-17/h1-2,4-6,10,14,16,18H,3,7-8,11-13,15H2. The lowest BCUT2D eigenvalue weighted by Crippen LogP contribution is -2.38. The Kier molecular flexibility index (Phi) is 8.06. The van der Waals surface area contributed by atoms with Crippen LogP contribution in [0.15, 0.2) is 48.1 Å². The molecule has 1 fully saturated rings. The van der Waals surface area contributed by atoms with Crippen molar-refractivity contribution in [3.63, 3.8) is 0 Å². The van der Waals surface area contributed by atoms with Gasteiger partial charge >= 0.3 is 0 Å². The fourth-order valence-corrected chi connectivity index (χ4v) is 5.28. The molecule has 1 aliphatic heterocycles. The van der Waals surface area contributed by atoms with Crippen LogP contribution in [0.5, 0.6) is 0 Å². The summed E-state index contributed by atoms with van der Waals surface area (Å²) >= 11 is 7.48. The summed E-state index contributed by atoms with van der Waals surface area (Å²) in [5.41, 5.74) is 1.13. The monoisotopic (exact) mass is 511 g/mol. The molecule has 2 aromatic heterocycles. The number of likely N-dealkylation sites (tertiary alicyclic amines) is 1. The summed E-state index contributed by atoms with van der Waals surface area (Å²) in [4.78, 5) is 37.9. The van der Waals surface area contributed by atoms with Crippen molar-refractivity contribution < 1.29 is 14.0 Å². The van der Waals surface area contributed by atoms with Gasteiger partial charge in [-0.15, -0.1) is 11.3 Å². The van der Waals surface area contributed by atoms with E-state index in [9.17, 15) is 14.0 Å². The first kappa shape index (κ1) is 24.8. The molecule has 180 valence electrons. The lowest BCUT2D eigenvalue weighted by Gasteiger charge is -2.31. The molecule has 3 aromatic rings. The maximum atomic E-state index is 14.2. The second-order valence-corrected chi connectivity index (χ2v) is 9.53. The highest BCUT2D eigenvalue weighted by Crippen LogP contribution is 2.32. The summed E-state index contributed by atoms with van der Waals surface area (Å²) in [5, 5.41) is 11.7. The van der Waals surface area contributed by atoms with E-state index in [0.717, 1.165) is 10.6 Å². The molecule has 1 saturated heterocycles. The number of nitrogens with zero attached hydrogens (tertiary/aromatic N) is 5. The zero-order valence-electron chi connectivity index (χ0n) is 18.9. The number of pyridine rings is 1. The third kappa shape index (κ3) is 5.84. The number of carbonyl (C=O) groups excluding carboxylic acids is 2. The van der Waals surface area contributed by atoms with Gasteiger partial charge in [0.25, 0.3) is 11.8 Å². The second-order valence-electron chi connectivity index (χ2n) is 8.23. The zero-order chi connectivity index (χ0) is 24.8. The smallest absolute Gasteiger partial charge is 0.273 e. The molecule has 2 amide bonds.